The standard InChI is InChI=1S/C55H73ClN10O14/c1-7-19-36-30-42-55(74)80-35(6)47(62-49(68)39(24-15-17-28-64(75)76)57-50(69)41-26-27-43(56)66(41)79)53(72)61-45(33(4)37-20-11-9-12-21-37)51(70)58-40(25-16-18-29-65(77)78)48(67)60-46(34(5)38-22-13-10-14-23-38)52(71)59-44(32(3)8-2)54(73)63(42)31-36/h7,9-14,19-23,26-27,32-36,39-40,42,44-47,79H,8,15-18,24-25,28-31H2,1-6H3,(H,57,69)(H,58,70)(H,59,71)(H,60,67)(H,61,72)(H,62,68)/b19-7-/t32-,33+,34+,35+,36-,39-,40+,42-,44-,45-,46-,47+/m0/s1. The van der Waals surface area contributed by atoms with Gasteiger partial charge >= 0.3 is 5.97 Å². The Morgan fingerprint density at radius 2 is 1.34 bits per heavy atom. The van der Waals surface area contributed by atoms with Crippen molar-refractivity contribution in [3.8, 4) is 0 Å². The average molecular weight is 1130 g/mol. The maximum atomic E-state index is 15.2. The molecule has 1 aromatic heterocycles. The van der Waals surface area contributed by atoms with Gasteiger partial charge in [0.1, 0.15) is 59.2 Å². The highest BCUT2D eigenvalue weighted by molar-refractivity contribution is 6.30. The second-order valence-electron chi connectivity index (χ2n) is 20.4. The van der Waals surface area contributed by atoms with Gasteiger partial charge in [0.2, 0.25) is 48.5 Å². The van der Waals surface area contributed by atoms with Gasteiger partial charge in [-0.05, 0) is 81.0 Å². The summed E-state index contributed by atoms with van der Waals surface area (Å²) in [5.74, 6) is -9.95. The highest BCUT2D eigenvalue weighted by Crippen LogP contribution is 2.30. The van der Waals surface area contributed by atoms with Gasteiger partial charge in [-0.15, -0.1) is 0 Å². The summed E-state index contributed by atoms with van der Waals surface area (Å²) >= 11 is 5.98. The molecule has 2 aliphatic heterocycles. The van der Waals surface area contributed by atoms with Crippen molar-refractivity contribution in [3.05, 3.63) is 127 Å². The Kier molecular flexibility index (Phi) is 23.5. The van der Waals surface area contributed by atoms with Gasteiger partial charge < -0.3 is 46.7 Å². The van der Waals surface area contributed by atoms with Gasteiger partial charge in [-0.1, -0.05) is 119 Å². The molecule has 2 saturated heterocycles. The summed E-state index contributed by atoms with van der Waals surface area (Å²) in [5.41, 5.74) is 0.766. The minimum absolute atomic E-state index is 0.00167. The molecule has 3 heterocycles. The fraction of sp³-hybridized carbons (Fsp3) is 0.527. The molecule has 3 aromatic rings. The quantitative estimate of drug-likeness (QED) is 0.0197. The molecule has 0 radical (unpaired) electrons. The zero-order valence-electron chi connectivity index (χ0n) is 45.7. The van der Waals surface area contributed by atoms with E-state index in [2.05, 4.69) is 31.9 Å². The summed E-state index contributed by atoms with van der Waals surface area (Å²) in [4.78, 5) is 141. The van der Waals surface area contributed by atoms with E-state index in [0.29, 0.717) is 22.3 Å². The predicted molar refractivity (Wildman–Crippen MR) is 292 cm³/mol. The maximum Gasteiger partial charge on any atom is 0.329 e. The van der Waals surface area contributed by atoms with Crippen molar-refractivity contribution in [1.82, 2.24) is 41.5 Å². The fourth-order valence-corrected chi connectivity index (χ4v) is 10.0. The first kappa shape index (κ1) is 62.9. The lowest BCUT2D eigenvalue weighted by atomic mass is 9.90. The molecule has 24 nitrogen and oxygen atoms in total. The number of nitro groups is 2. The number of nitrogens with one attached hydrogen (secondary N) is 6. The predicted octanol–water partition coefficient (Wildman–Crippen LogP) is 4.19. The molecule has 80 heavy (non-hydrogen) atoms. The lowest BCUT2D eigenvalue weighted by molar-refractivity contribution is -0.480. The Labute approximate surface area is 468 Å². The number of aromatic nitrogens is 1. The second-order valence-corrected chi connectivity index (χ2v) is 20.8. The number of unbranched alkanes of at least 4 members (excludes halogenated alkanes) is 2. The smallest absolute Gasteiger partial charge is 0.329 e. The van der Waals surface area contributed by atoms with Crippen molar-refractivity contribution in [2.75, 3.05) is 19.6 Å². The molecule has 0 aliphatic carbocycles. The molecule has 2 aromatic carbocycles. The highest BCUT2D eigenvalue weighted by Gasteiger charge is 2.46. The molecule has 25 heteroatoms. The van der Waals surface area contributed by atoms with E-state index < -0.39 is 136 Å². The maximum absolute atomic E-state index is 15.2. The number of cyclic esters (lactones) is 1. The normalized spacial score (nSPS) is 24.0. The Morgan fingerprint density at radius 3 is 1.88 bits per heavy atom. The second kappa shape index (κ2) is 29.9. The number of esters is 1. The molecule has 434 valence electrons. The molecule has 12 atom stereocenters. The number of rotatable bonds is 21. The van der Waals surface area contributed by atoms with E-state index in [9.17, 15) is 49.4 Å². The van der Waals surface area contributed by atoms with Crippen LogP contribution in [0.25, 0.3) is 0 Å². The number of ether oxygens (including phenoxy) is 1. The Balaban J connectivity index is 1.67. The molecular formula is C55H73ClN10O14. The van der Waals surface area contributed by atoms with Crippen molar-refractivity contribution < 1.29 is 58.1 Å². The number of amides is 7. The summed E-state index contributed by atoms with van der Waals surface area (Å²) in [5, 5.41) is 49.0. The van der Waals surface area contributed by atoms with E-state index in [1.165, 1.54) is 24.0 Å². The Bertz CT molecular complexity index is 2710. The first-order chi connectivity index (χ1) is 38.1. The van der Waals surface area contributed by atoms with Crippen LogP contribution < -0.4 is 31.9 Å². The number of halogens is 1. The molecule has 7 amide bonds. The number of fused-ring (bicyclic) bond motifs is 1. The first-order valence-electron chi connectivity index (χ1n) is 26.9. The summed E-state index contributed by atoms with van der Waals surface area (Å²) in [6.07, 6.45) is 1.97. The average Bonchev–Trinajstić information content (AvgIpc) is 4.08. The third kappa shape index (κ3) is 17.1. The van der Waals surface area contributed by atoms with E-state index in [-0.39, 0.29) is 68.3 Å². The third-order valence-corrected chi connectivity index (χ3v) is 15.0. The van der Waals surface area contributed by atoms with Gasteiger partial charge in [-0.3, -0.25) is 53.8 Å². The van der Waals surface area contributed by atoms with Crippen LogP contribution >= 0.6 is 11.6 Å². The monoisotopic (exact) mass is 1130 g/mol. The van der Waals surface area contributed by atoms with Crippen LogP contribution in [0.2, 0.25) is 5.15 Å². The summed E-state index contributed by atoms with van der Waals surface area (Å²) in [6.45, 7) is 8.99. The van der Waals surface area contributed by atoms with Crippen molar-refractivity contribution in [3.63, 3.8) is 0 Å². The largest absolute Gasteiger partial charge is 0.458 e. The molecule has 0 spiro atoms. The molecule has 2 fully saturated rings. The van der Waals surface area contributed by atoms with Crippen LogP contribution in [0.5, 0.6) is 0 Å². The van der Waals surface area contributed by atoms with E-state index in [4.69, 9.17) is 16.3 Å². The number of carbonyl (C=O) groups excluding carboxylic acids is 8. The summed E-state index contributed by atoms with van der Waals surface area (Å²) in [7, 11) is 0. The van der Waals surface area contributed by atoms with E-state index >= 15 is 14.4 Å². The van der Waals surface area contributed by atoms with Gasteiger partial charge in [0, 0.05) is 41.1 Å². The minimum atomic E-state index is -1.90. The summed E-state index contributed by atoms with van der Waals surface area (Å²) in [6, 6.07) is 9.13. The van der Waals surface area contributed by atoms with Crippen molar-refractivity contribution in [2.24, 2.45) is 11.8 Å². The van der Waals surface area contributed by atoms with Crippen LogP contribution in [0.3, 0.4) is 0 Å². The lowest BCUT2D eigenvalue weighted by Gasteiger charge is -2.34. The van der Waals surface area contributed by atoms with E-state index in [1.807, 2.05) is 13.0 Å². The summed E-state index contributed by atoms with van der Waals surface area (Å²) < 4.78 is 6.44. The van der Waals surface area contributed by atoms with Crippen LogP contribution in [0.15, 0.2) is 84.9 Å². The number of nitrogens with zero attached hydrogens (tertiary/aromatic N) is 4. The third-order valence-electron chi connectivity index (χ3n) is 14.8. The lowest BCUT2D eigenvalue weighted by Crippen LogP contribution is -2.62. The van der Waals surface area contributed by atoms with Gasteiger partial charge in [-0.2, -0.15) is 4.73 Å². The number of benzene rings is 2. The molecule has 0 bridgehead atoms. The zero-order valence-corrected chi connectivity index (χ0v) is 46.5. The SMILES string of the molecule is C/C=C\[C@H]1C[C@H]2C(=O)O[C@H](C)[C@@H](NC(=O)[C@H](CCCC[N+](=O)[O-])NC(=O)c3ccc(Cl)n3O)C(=O)N[C@@H]([C@H](C)c3ccccc3)C(=O)N[C@H](CCCC[N+](=O)[O-])C(=O)N[C@@H]([C@H](C)c3ccccc3)C(=O)N[C@@H]([C@@H](C)CC)C(=O)N2C1. The van der Waals surface area contributed by atoms with Crippen LogP contribution in [0.4, 0.5) is 0 Å². The van der Waals surface area contributed by atoms with Crippen LogP contribution in [-0.2, 0) is 38.3 Å². The Morgan fingerprint density at radius 1 is 0.787 bits per heavy atom. The molecule has 7 N–H and O–H groups in total. The van der Waals surface area contributed by atoms with Gasteiger partial charge in [0.05, 0.1) is 0 Å². The highest BCUT2D eigenvalue weighted by atomic mass is 35.5. The van der Waals surface area contributed by atoms with Crippen LogP contribution in [-0.4, -0.2) is 140 Å². The number of hydrogen-bond donors (Lipinski definition) is 7. The zero-order chi connectivity index (χ0) is 58.8. The van der Waals surface area contributed by atoms with Crippen LogP contribution in [0, 0.1) is 32.1 Å². The first-order valence-corrected chi connectivity index (χ1v) is 27.3. The molecule has 0 saturated carbocycles. The van der Waals surface area contributed by atoms with Crippen molar-refractivity contribution >= 4 is 58.9 Å². The van der Waals surface area contributed by atoms with Crippen molar-refractivity contribution in [2.45, 2.75) is 153 Å². The minimum Gasteiger partial charge on any atom is -0.458 e. The van der Waals surface area contributed by atoms with Crippen LogP contribution in [0.1, 0.15) is 126 Å². The van der Waals surface area contributed by atoms with E-state index in [1.54, 1.807) is 94.4 Å². The topological polar surface area (TPSA) is 333 Å². The van der Waals surface area contributed by atoms with Crippen molar-refractivity contribution in [1.29, 1.82) is 0 Å². The Hall–Kier alpha value is -7.89. The fourth-order valence-electron chi connectivity index (χ4n) is 9.85. The molecule has 5 rings (SSSR count). The van der Waals surface area contributed by atoms with Gasteiger partial charge in [0.15, 0.2) is 0 Å². The number of hydrogen-bond acceptors (Lipinski definition) is 14. The molecular weight excluding hydrogens is 1060 g/mol. The number of carbonyl (C=O) groups is 8. The molecule has 0 unspecified atom stereocenters. The molecule has 2 aliphatic rings. The number of allylic oxidation sites excluding steroid dienone is 1. The van der Waals surface area contributed by atoms with Gasteiger partial charge in [0.25, 0.3) is 5.91 Å². The van der Waals surface area contributed by atoms with E-state index in [0.717, 1.165) is 0 Å². The van der Waals surface area contributed by atoms with Gasteiger partial charge in [-0.25, -0.2) is 4.79 Å².